The van der Waals surface area contributed by atoms with Crippen LogP contribution in [0.4, 0.5) is 0 Å². The SMILES string of the molecule is C=CC(=O)OCCP(C)(C)=O. The molecule has 0 aromatic rings. The first-order chi connectivity index (χ1) is 4.95. The Morgan fingerprint density at radius 2 is 2.18 bits per heavy atom. The molecule has 0 spiro atoms. The third-order valence-corrected chi connectivity index (χ3v) is 2.30. The van der Waals surface area contributed by atoms with E-state index in [2.05, 4.69) is 11.3 Å². The maximum atomic E-state index is 11.1. The highest BCUT2D eigenvalue weighted by molar-refractivity contribution is 7.62. The van der Waals surface area contributed by atoms with E-state index in [4.69, 9.17) is 0 Å². The van der Waals surface area contributed by atoms with Crippen molar-refractivity contribution in [1.29, 1.82) is 0 Å². The highest BCUT2D eigenvalue weighted by Gasteiger charge is 2.07. The van der Waals surface area contributed by atoms with E-state index in [0.29, 0.717) is 6.16 Å². The van der Waals surface area contributed by atoms with Gasteiger partial charge in [-0.25, -0.2) is 4.79 Å². The zero-order valence-electron chi connectivity index (χ0n) is 6.87. The quantitative estimate of drug-likeness (QED) is 0.369. The minimum atomic E-state index is -2.04. The molecule has 0 radical (unpaired) electrons. The Labute approximate surface area is 66.8 Å². The van der Waals surface area contributed by atoms with Crippen molar-refractivity contribution in [2.45, 2.75) is 0 Å². The number of esters is 1. The van der Waals surface area contributed by atoms with Gasteiger partial charge < -0.3 is 9.30 Å². The zero-order chi connectivity index (χ0) is 8.91. The number of hydrogen-bond donors (Lipinski definition) is 0. The largest absolute Gasteiger partial charge is 0.462 e. The van der Waals surface area contributed by atoms with E-state index in [1.807, 2.05) is 0 Å². The van der Waals surface area contributed by atoms with Crippen LogP contribution < -0.4 is 0 Å². The van der Waals surface area contributed by atoms with E-state index in [-0.39, 0.29) is 6.61 Å². The number of hydrogen-bond acceptors (Lipinski definition) is 3. The molecule has 0 heterocycles. The summed E-state index contributed by atoms with van der Waals surface area (Å²) in [5, 5.41) is 0. The van der Waals surface area contributed by atoms with Crippen molar-refractivity contribution in [3.8, 4) is 0 Å². The van der Waals surface area contributed by atoms with Crippen LogP contribution in [-0.4, -0.2) is 32.1 Å². The van der Waals surface area contributed by atoms with Gasteiger partial charge in [0, 0.05) is 12.2 Å². The number of rotatable bonds is 4. The van der Waals surface area contributed by atoms with Crippen molar-refractivity contribution in [1.82, 2.24) is 0 Å². The Hall–Kier alpha value is -0.560. The predicted octanol–water partition coefficient (Wildman–Crippen LogP) is 1.34. The van der Waals surface area contributed by atoms with Crippen molar-refractivity contribution >= 4 is 13.1 Å². The van der Waals surface area contributed by atoms with Gasteiger partial charge in [-0.3, -0.25) is 0 Å². The van der Waals surface area contributed by atoms with Gasteiger partial charge in [0.2, 0.25) is 0 Å². The minimum absolute atomic E-state index is 0.217. The van der Waals surface area contributed by atoms with Crippen LogP contribution in [0.1, 0.15) is 0 Å². The van der Waals surface area contributed by atoms with Gasteiger partial charge in [0.15, 0.2) is 0 Å². The fourth-order valence-corrected chi connectivity index (χ4v) is 0.956. The molecule has 0 amide bonds. The van der Waals surface area contributed by atoms with E-state index >= 15 is 0 Å². The van der Waals surface area contributed by atoms with Gasteiger partial charge in [0.25, 0.3) is 0 Å². The van der Waals surface area contributed by atoms with Gasteiger partial charge in [0.1, 0.15) is 0 Å². The molecule has 11 heavy (non-hydrogen) atoms. The molecular formula is C7H13O3P. The third kappa shape index (κ3) is 7.34. The minimum Gasteiger partial charge on any atom is -0.462 e. The number of ether oxygens (including phenoxy) is 1. The second-order valence-corrected chi connectivity index (χ2v) is 6.26. The second kappa shape index (κ2) is 4.35. The van der Waals surface area contributed by atoms with E-state index in [1.165, 1.54) is 0 Å². The molecule has 0 N–H and O–H groups in total. The van der Waals surface area contributed by atoms with Crippen LogP contribution in [0.2, 0.25) is 0 Å². The van der Waals surface area contributed by atoms with Crippen molar-refractivity contribution in [3.63, 3.8) is 0 Å². The molecule has 64 valence electrons. The van der Waals surface area contributed by atoms with Gasteiger partial charge in [-0.2, -0.15) is 0 Å². The molecule has 3 nitrogen and oxygen atoms in total. The predicted molar refractivity (Wildman–Crippen MR) is 45.5 cm³/mol. The third-order valence-electron chi connectivity index (χ3n) is 1.04. The van der Waals surface area contributed by atoms with Crippen molar-refractivity contribution in [2.24, 2.45) is 0 Å². The maximum Gasteiger partial charge on any atom is 0.330 e. The first kappa shape index (κ1) is 10.4. The number of carbonyl (C=O) groups excluding carboxylic acids is 1. The molecule has 0 bridgehead atoms. The van der Waals surface area contributed by atoms with E-state index in [0.717, 1.165) is 6.08 Å². The van der Waals surface area contributed by atoms with Crippen molar-refractivity contribution < 1.29 is 14.1 Å². The zero-order valence-corrected chi connectivity index (χ0v) is 7.77. The Morgan fingerprint density at radius 3 is 2.55 bits per heavy atom. The summed E-state index contributed by atoms with van der Waals surface area (Å²) < 4.78 is 15.7. The van der Waals surface area contributed by atoms with Crippen molar-refractivity contribution in [3.05, 3.63) is 12.7 Å². The summed E-state index contributed by atoms with van der Waals surface area (Å²) in [5.74, 6) is -0.460. The fraction of sp³-hybridized carbons (Fsp3) is 0.571. The summed E-state index contributed by atoms with van der Waals surface area (Å²) in [6, 6.07) is 0. The molecule has 0 saturated heterocycles. The van der Waals surface area contributed by atoms with Gasteiger partial charge in [0.05, 0.1) is 13.7 Å². The highest BCUT2D eigenvalue weighted by Crippen LogP contribution is 2.34. The molecule has 0 atom stereocenters. The smallest absolute Gasteiger partial charge is 0.330 e. The van der Waals surface area contributed by atoms with Gasteiger partial charge in [-0.05, 0) is 13.3 Å². The Morgan fingerprint density at radius 1 is 1.64 bits per heavy atom. The average molecular weight is 176 g/mol. The Bertz CT molecular complexity index is 192. The van der Waals surface area contributed by atoms with Crippen LogP contribution in [0, 0.1) is 0 Å². The van der Waals surface area contributed by atoms with Crippen molar-refractivity contribution in [2.75, 3.05) is 26.1 Å². The molecular weight excluding hydrogens is 163 g/mol. The molecule has 4 heteroatoms. The molecule has 0 saturated carbocycles. The molecule has 0 rings (SSSR count). The van der Waals surface area contributed by atoms with Crippen LogP contribution in [0.3, 0.4) is 0 Å². The molecule has 0 aliphatic rings. The summed E-state index contributed by atoms with van der Waals surface area (Å²) in [6.07, 6.45) is 1.53. The summed E-state index contributed by atoms with van der Waals surface area (Å²) >= 11 is 0. The average Bonchev–Trinajstić information content (AvgIpc) is 1.85. The normalized spacial score (nSPS) is 10.7. The van der Waals surface area contributed by atoms with Crippen LogP contribution in [-0.2, 0) is 14.1 Å². The summed E-state index contributed by atoms with van der Waals surface area (Å²) in [4.78, 5) is 10.5. The molecule has 0 aromatic carbocycles. The summed E-state index contributed by atoms with van der Waals surface area (Å²) in [7, 11) is -2.04. The van der Waals surface area contributed by atoms with Crippen LogP contribution in [0.5, 0.6) is 0 Å². The van der Waals surface area contributed by atoms with Gasteiger partial charge >= 0.3 is 5.97 Å². The molecule has 0 aliphatic heterocycles. The first-order valence-corrected chi connectivity index (χ1v) is 6.07. The van der Waals surface area contributed by atoms with E-state index < -0.39 is 13.1 Å². The van der Waals surface area contributed by atoms with Crippen LogP contribution >= 0.6 is 7.14 Å². The van der Waals surface area contributed by atoms with Gasteiger partial charge in [-0.15, -0.1) is 0 Å². The second-order valence-electron chi connectivity index (χ2n) is 2.67. The lowest BCUT2D eigenvalue weighted by molar-refractivity contribution is -0.137. The number of carbonyl (C=O) groups is 1. The lowest BCUT2D eigenvalue weighted by Crippen LogP contribution is -2.05. The lowest BCUT2D eigenvalue weighted by atomic mass is 10.6. The Balaban J connectivity index is 3.51. The fourth-order valence-electron chi connectivity index (χ4n) is 0.425. The topological polar surface area (TPSA) is 43.4 Å². The lowest BCUT2D eigenvalue weighted by Gasteiger charge is -2.05. The Kier molecular flexibility index (Phi) is 4.12. The molecule has 0 unspecified atom stereocenters. The highest BCUT2D eigenvalue weighted by atomic mass is 31.2. The maximum absolute atomic E-state index is 11.1. The van der Waals surface area contributed by atoms with Crippen LogP contribution in [0.15, 0.2) is 12.7 Å². The monoisotopic (exact) mass is 176 g/mol. The van der Waals surface area contributed by atoms with Crippen LogP contribution in [0.25, 0.3) is 0 Å². The van der Waals surface area contributed by atoms with E-state index in [9.17, 15) is 9.36 Å². The summed E-state index contributed by atoms with van der Waals surface area (Å²) in [6.45, 7) is 6.77. The van der Waals surface area contributed by atoms with Gasteiger partial charge in [-0.1, -0.05) is 6.58 Å². The molecule has 0 aromatic heterocycles. The molecule has 0 fully saturated rings. The van der Waals surface area contributed by atoms with E-state index in [1.54, 1.807) is 13.3 Å². The molecule has 0 aliphatic carbocycles. The standard InChI is InChI=1S/C7H13O3P/c1-4-7(8)10-5-6-11(2,3)9/h4H,1,5-6H2,2-3H3. The first-order valence-electron chi connectivity index (χ1n) is 3.29. The summed E-state index contributed by atoms with van der Waals surface area (Å²) in [5.41, 5.74) is 0.